The van der Waals surface area contributed by atoms with Gasteiger partial charge >= 0.3 is 0 Å². The zero-order valence-corrected chi connectivity index (χ0v) is 20.1. The molecule has 7 nitrogen and oxygen atoms in total. The third kappa shape index (κ3) is 4.44. The van der Waals surface area contributed by atoms with Gasteiger partial charge in [0.2, 0.25) is 5.95 Å². The van der Waals surface area contributed by atoms with Crippen molar-refractivity contribution in [2.24, 2.45) is 5.41 Å². The summed E-state index contributed by atoms with van der Waals surface area (Å²) in [6.45, 7) is 4.10. The Morgan fingerprint density at radius 2 is 1.71 bits per heavy atom. The van der Waals surface area contributed by atoms with Crippen LogP contribution in [0.5, 0.6) is 0 Å². The number of nitrogen functional groups attached to an aromatic ring is 1. The van der Waals surface area contributed by atoms with Gasteiger partial charge in [0.1, 0.15) is 0 Å². The molecule has 9 heteroatoms. The molecule has 0 radical (unpaired) electrons. The highest BCUT2D eigenvalue weighted by atomic mass is 19.3. The van der Waals surface area contributed by atoms with Gasteiger partial charge in [-0.05, 0) is 68.7 Å². The molecule has 3 aromatic rings. The minimum atomic E-state index is -2.71. The molecule has 2 saturated heterocycles. The number of aromatic nitrogens is 4. The van der Waals surface area contributed by atoms with Crippen LogP contribution in [0.4, 0.5) is 26.1 Å². The van der Waals surface area contributed by atoms with Gasteiger partial charge in [-0.25, -0.2) is 23.4 Å². The number of benzene rings is 1. The molecule has 1 aliphatic carbocycles. The molecule has 3 aliphatic rings. The first-order valence-electron chi connectivity index (χ1n) is 12.5. The minimum Gasteiger partial charge on any atom is -0.399 e. The summed E-state index contributed by atoms with van der Waals surface area (Å²) >= 11 is 0. The van der Waals surface area contributed by atoms with Crippen molar-refractivity contribution in [1.82, 2.24) is 19.7 Å². The molecule has 3 fully saturated rings. The molecule has 1 aromatic carbocycles. The first-order chi connectivity index (χ1) is 16.8. The summed E-state index contributed by atoms with van der Waals surface area (Å²) in [6.07, 6.45) is 9.23. The summed E-state index contributed by atoms with van der Waals surface area (Å²) in [5.74, 6) is -2.36. The van der Waals surface area contributed by atoms with Gasteiger partial charge in [-0.1, -0.05) is 0 Å². The Morgan fingerprint density at radius 1 is 0.914 bits per heavy atom. The average molecular weight is 480 g/mol. The van der Waals surface area contributed by atoms with Crippen LogP contribution in [0, 0.1) is 12.3 Å². The second kappa shape index (κ2) is 8.17. The summed E-state index contributed by atoms with van der Waals surface area (Å²) < 4.78 is 29.9. The van der Waals surface area contributed by atoms with Crippen LogP contribution < -0.4 is 15.5 Å². The van der Waals surface area contributed by atoms with Gasteiger partial charge in [0.25, 0.3) is 5.92 Å². The normalized spacial score (nSPS) is 20.9. The lowest BCUT2D eigenvalue weighted by molar-refractivity contribution is -0.0120. The van der Waals surface area contributed by atoms with Gasteiger partial charge in [-0.15, -0.1) is 0 Å². The Bertz CT molecular complexity index is 1240. The molecule has 4 heterocycles. The fraction of sp³-hybridized carbons (Fsp3) is 0.500. The number of hydrogen-bond acceptors (Lipinski definition) is 6. The van der Waals surface area contributed by atoms with E-state index in [1.54, 1.807) is 11.1 Å². The van der Waals surface area contributed by atoms with Crippen LogP contribution in [-0.2, 0) is 0 Å². The largest absolute Gasteiger partial charge is 0.399 e. The van der Waals surface area contributed by atoms with Crippen LogP contribution in [0.15, 0.2) is 36.7 Å². The zero-order valence-electron chi connectivity index (χ0n) is 20.1. The fourth-order valence-electron chi connectivity index (χ4n) is 5.45. The number of alkyl halides is 2. The summed E-state index contributed by atoms with van der Waals surface area (Å²) in [7, 11) is 0. The van der Waals surface area contributed by atoms with Crippen molar-refractivity contribution < 1.29 is 8.78 Å². The third-order valence-corrected chi connectivity index (χ3v) is 7.76. The predicted octanol–water partition coefficient (Wildman–Crippen LogP) is 4.84. The Kier molecular flexibility index (Phi) is 5.19. The van der Waals surface area contributed by atoms with E-state index in [2.05, 4.69) is 20.0 Å². The number of halogens is 2. The number of aryl methyl sites for hydroxylation is 1. The maximum Gasteiger partial charge on any atom is 0.265 e. The van der Waals surface area contributed by atoms with Crippen molar-refractivity contribution in [1.29, 1.82) is 0 Å². The molecule has 0 bridgehead atoms. The molecule has 0 atom stereocenters. The average Bonchev–Trinajstić information content (AvgIpc) is 3.39. The van der Waals surface area contributed by atoms with E-state index in [0.717, 1.165) is 41.4 Å². The molecule has 2 aromatic heterocycles. The molecule has 0 unspecified atom stereocenters. The molecule has 2 aliphatic heterocycles. The van der Waals surface area contributed by atoms with Crippen molar-refractivity contribution in [2.45, 2.75) is 51.4 Å². The molecule has 6 rings (SSSR count). The van der Waals surface area contributed by atoms with E-state index in [-0.39, 0.29) is 13.0 Å². The van der Waals surface area contributed by atoms with E-state index >= 15 is 0 Å². The molecule has 1 saturated carbocycles. The molecule has 0 amide bonds. The lowest BCUT2D eigenvalue weighted by Gasteiger charge is -2.35. The second-order valence-corrected chi connectivity index (χ2v) is 10.5. The van der Waals surface area contributed by atoms with Gasteiger partial charge in [0.05, 0.1) is 29.8 Å². The maximum atomic E-state index is 14.0. The Labute approximate surface area is 204 Å². The molecule has 35 heavy (non-hydrogen) atoms. The fourth-order valence-corrected chi connectivity index (χ4v) is 5.45. The van der Waals surface area contributed by atoms with Gasteiger partial charge in [0, 0.05) is 49.2 Å². The van der Waals surface area contributed by atoms with Crippen molar-refractivity contribution in [2.75, 3.05) is 41.7 Å². The lowest BCUT2D eigenvalue weighted by Crippen LogP contribution is -2.43. The zero-order chi connectivity index (χ0) is 24.2. The van der Waals surface area contributed by atoms with Gasteiger partial charge < -0.3 is 15.5 Å². The topological polar surface area (TPSA) is 76.1 Å². The number of hydrogen-bond donors (Lipinski definition) is 1. The van der Waals surface area contributed by atoms with Crippen molar-refractivity contribution in [3.05, 3.63) is 42.4 Å². The van der Waals surface area contributed by atoms with Crippen molar-refractivity contribution in [3.63, 3.8) is 0 Å². The summed E-state index contributed by atoms with van der Waals surface area (Å²) in [4.78, 5) is 13.1. The predicted molar refractivity (Wildman–Crippen MR) is 133 cm³/mol. The van der Waals surface area contributed by atoms with E-state index in [1.165, 1.54) is 25.7 Å². The number of piperidine rings is 2. The highest BCUT2D eigenvalue weighted by Crippen LogP contribution is 2.54. The minimum absolute atomic E-state index is 0.0864. The highest BCUT2D eigenvalue weighted by Gasteiger charge is 2.44. The van der Waals surface area contributed by atoms with Crippen LogP contribution in [0.1, 0.15) is 44.2 Å². The first kappa shape index (κ1) is 22.2. The lowest BCUT2D eigenvalue weighted by atomic mass is 9.93. The SMILES string of the molecule is Cc1cc(-c2cnn(-c3ccc(N)cc3N3CCC4(CC3)CC4)c2)nc(N2CCCC(F)(F)C2)n1. The third-order valence-electron chi connectivity index (χ3n) is 7.76. The molecular weight excluding hydrogens is 448 g/mol. The van der Waals surface area contributed by atoms with Crippen molar-refractivity contribution >= 4 is 17.3 Å². The van der Waals surface area contributed by atoms with E-state index < -0.39 is 5.92 Å². The Hall–Kier alpha value is -3.23. The summed E-state index contributed by atoms with van der Waals surface area (Å²) in [6, 6.07) is 7.81. The number of anilines is 3. The molecule has 1 spiro atoms. The summed E-state index contributed by atoms with van der Waals surface area (Å²) in [5.41, 5.74) is 11.8. The van der Waals surface area contributed by atoms with E-state index in [1.807, 2.05) is 42.1 Å². The van der Waals surface area contributed by atoms with Gasteiger partial charge in [0.15, 0.2) is 0 Å². The highest BCUT2D eigenvalue weighted by molar-refractivity contribution is 5.69. The quantitative estimate of drug-likeness (QED) is 0.540. The van der Waals surface area contributed by atoms with Crippen LogP contribution in [0.2, 0.25) is 0 Å². The molecule has 184 valence electrons. The van der Waals surface area contributed by atoms with Crippen LogP contribution in [-0.4, -0.2) is 51.8 Å². The van der Waals surface area contributed by atoms with Crippen molar-refractivity contribution in [3.8, 4) is 16.9 Å². The van der Waals surface area contributed by atoms with E-state index in [4.69, 9.17) is 5.73 Å². The van der Waals surface area contributed by atoms with Crippen LogP contribution >= 0.6 is 0 Å². The monoisotopic (exact) mass is 479 g/mol. The molecule has 2 N–H and O–H groups in total. The van der Waals surface area contributed by atoms with Crippen LogP contribution in [0.25, 0.3) is 16.9 Å². The second-order valence-electron chi connectivity index (χ2n) is 10.5. The van der Waals surface area contributed by atoms with Crippen LogP contribution in [0.3, 0.4) is 0 Å². The Morgan fingerprint density at radius 3 is 2.46 bits per heavy atom. The first-order valence-corrected chi connectivity index (χ1v) is 12.5. The summed E-state index contributed by atoms with van der Waals surface area (Å²) in [5, 5.41) is 4.64. The van der Waals surface area contributed by atoms with Gasteiger partial charge in [-0.3, -0.25) is 0 Å². The maximum absolute atomic E-state index is 14.0. The number of rotatable bonds is 4. The van der Waals surface area contributed by atoms with E-state index in [0.29, 0.717) is 30.0 Å². The molecular formula is C26H31F2N7. The Balaban J connectivity index is 1.30. The standard InChI is InChI=1S/C26H31F2N7/c1-18-13-21(32-24(31-18)34-10-2-5-26(27,28)17-34)19-15-30-35(16-19)22-4-3-20(29)14-23(22)33-11-8-25(6-7-25)9-12-33/h3-4,13-16H,2,5-12,17,29H2,1H3. The number of nitrogens with two attached hydrogens (primary N) is 1. The van der Waals surface area contributed by atoms with Gasteiger partial charge in [-0.2, -0.15) is 5.10 Å². The smallest absolute Gasteiger partial charge is 0.265 e. The van der Waals surface area contributed by atoms with E-state index in [9.17, 15) is 8.78 Å². The number of nitrogens with zero attached hydrogens (tertiary/aromatic N) is 6.